The van der Waals surface area contributed by atoms with Crippen LogP contribution in [0.15, 0.2) is 30.6 Å². The first-order valence-corrected chi connectivity index (χ1v) is 2.03. The first kappa shape index (κ1) is 11.7. The first-order valence-electron chi connectivity index (χ1n) is 2.03. The summed E-state index contributed by atoms with van der Waals surface area (Å²) >= 11 is 0. The van der Waals surface area contributed by atoms with Crippen LogP contribution >= 0.6 is 0 Å². The summed E-state index contributed by atoms with van der Waals surface area (Å²) in [5, 5.41) is 10.2. The molecule has 0 aliphatic heterocycles. The van der Waals surface area contributed by atoms with Crippen LogP contribution in [0.1, 0.15) is 0 Å². The van der Waals surface area contributed by atoms with Crippen LogP contribution < -0.4 is 4.73 Å². The maximum Gasteiger partial charge on any atom is 2.00 e. The largest absolute Gasteiger partial charge is 2.00 e. The molecule has 0 fully saturated rings. The Morgan fingerprint density at radius 2 is 1.44 bits per heavy atom. The van der Waals surface area contributed by atoms with Gasteiger partial charge in [-0.2, -0.15) is 4.73 Å². The van der Waals surface area contributed by atoms with Crippen molar-refractivity contribution in [2.24, 2.45) is 0 Å². The normalized spacial score (nSPS) is 6.67. The van der Waals surface area contributed by atoms with Crippen LogP contribution in [0.5, 0.6) is 0 Å². The van der Waals surface area contributed by atoms with Crippen molar-refractivity contribution in [3.05, 3.63) is 35.8 Å². The molecule has 0 unspecified atom stereocenters. The summed E-state index contributed by atoms with van der Waals surface area (Å²) in [6.45, 7) is 0. The Kier molecular flexibility index (Phi) is 7.86. The van der Waals surface area contributed by atoms with Crippen LogP contribution in [-0.4, -0.2) is 0 Å². The summed E-state index contributed by atoms with van der Waals surface area (Å²) in [5.41, 5.74) is 0. The van der Waals surface area contributed by atoms with Crippen LogP contribution in [-0.2, 0) is 33.0 Å². The predicted molar refractivity (Wildman–Crippen MR) is 32.8 cm³/mol. The zero-order valence-corrected chi connectivity index (χ0v) is 8.64. The van der Waals surface area contributed by atoms with Crippen molar-refractivity contribution < 1.29 is 24.2 Å². The van der Waals surface area contributed by atoms with Gasteiger partial charge in [0.1, 0.15) is 0 Å². The van der Waals surface area contributed by atoms with E-state index in [1.807, 2.05) is 0 Å². The summed E-state index contributed by atoms with van der Waals surface area (Å²) in [6, 6.07) is 5.18. The van der Waals surface area contributed by atoms with Gasteiger partial charge >= 0.3 is 19.5 Å². The molecule has 0 bridgehead atoms. The van der Waals surface area contributed by atoms with E-state index in [4.69, 9.17) is 0 Å². The molecule has 0 aliphatic rings. The van der Waals surface area contributed by atoms with Gasteiger partial charge in [-0.05, 0) is 0 Å². The molecule has 1 heterocycles. The van der Waals surface area contributed by atoms with Crippen molar-refractivity contribution in [3.8, 4) is 0 Å². The number of hydrogen-bond acceptors (Lipinski definition) is 1. The van der Waals surface area contributed by atoms with E-state index in [2.05, 4.69) is 0 Å². The second-order valence-electron chi connectivity index (χ2n) is 1.24. The second kappa shape index (κ2) is 6.05. The molecule has 0 saturated heterocycles. The Morgan fingerprint density at radius 1 is 1.00 bits per heavy atom. The third-order valence-corrected chi connectivity index (χ3v) is 0.688. The van der Waals surface area contributed by atoms with E-state index < -0.39 is 0 Å². The van der Waals surface area contributed by atoms with Gasteiger partial charge in [-0.15, -0.1) is 0 Å². The van der Waals surface area contributed by atoms with Crippen molar-refractivity contribution in [1.82, 2.24) is 0 Å². The molecule has 4 heteroatoms. The van der Waals surface area contributed by atoms with Crippen LogP contribution in [0, 0.1) is 5.21 Å². The van der Waals surface area contributed by atoms with Crippen LogP contribution in [0.2, 0.25) is 0 Å². The zero-order valence-electron chi connectivity index (χ0n) is 4.86. The fourth-order valence-corrected chi connectivity index (χ4v) is 0.383. The molecule has 0 aromatic carbocycles. The molecular weight excluding hydrogens is 188 g/mol. The summed E-state index contributed by atoms with van der Waals surface area (Å²) in [4.78, 5) is 0. The molecule has 1 rings (SSSR count). The van der Waals surface area contributed by atoms with Crippen LogP contribution in [0.25, 0.3) is 0 Å². The molecule has 0 N–H and O–H groups in total. The fraction of sp³-hybridized carbons (Fsp3) is 0. The van der Waals surface area contributed by atoms with Gasteiger partial charge in [-0.3, -0.25) is 0 Å². The molecule has 2 nitrogen and oxygen atoms in total. The minimum Gasteiger partial charge on any atom is -2.00 e. The molecule has 0 spiro atoms. The molecule has 0 atom stereocenters. The number of pyridine rings is 1. The quantitative estimate of drug-likeness (QED) is 0.330. The van der Waals surface area contributed by atoms with E-state index in [9.17, 15) is 5.21 Å². The predicted octanol–water partition coefficient (Wildman–Crippen LogP) is 0.315. The van der Waals surface area contributed by atoms with Crippen molar-refractivity contribution in [2.45, 2.75) is 0 Å². The van der Waals surface area contributed by atoms with E-state index >= 15 is 0 Å². The molecule has 0 saturated carbocycles. The van der Waals surface area contributed by atoms with Gasteiger partial charge < -0.3 is 18.7 Å². The Labute approximate surface area is 73.7 Å². The maximum absolute atomic E-state index is 10.2. The van der Waals surface area contributed by atoms with E-state index in [1.165, 1.54) is 12.4 Å². The van der Waals surface area contributed by atoms with Gasteiger partial charge in [-0.1, -0.05) is 6.07 Å². The molecule has 1 aromatic rings. The van der Waals surface area contributed by atoms with E-state index in [-0.39, 0.29) is 33.0 Å². The van der Waals surface area contributed by atoms with Crippen molar-refractivity contribution in [2.75, 3.05) is 0 Å². The van der Waals surface area contributed by atoms with Crippen molar-refractivity contribution in [1.29, 1.82) is 0 Å². The van der Waals surface area contributed by atoms with Gasteiger partial charge in [0.05, 0.1) is 0 Å². The SMILES string of the molecule is [O-][n+]1ccccc1.[S-2].[Zn+2]. The summed E-state index contributed by atoms with van der Waals surface area (Å²) in [6.07, 6.45) is 2.89. The fourth-order valence-electron chi connectivity index (χ4n) is 0.383. The molecule has 0 radical (unpaired) electrons. The van der Waals surface area contributed by atoms with E-state index in [0.29, 0.717) is 0 Å². The van der Waals surface area contributed by atoms with Gasteiger partial charge in [0.2, 0.25) is 0 Å². The first-order chi connectivity index (χ1) is 3.39. The smallest absolute Gasteiger partial charge is 2.00 e. The molecule has 1 aromatic heterocycles. The average Bonchev–Trinajstić information content (AvgIpc) is 1.69. The Morgan fingerprint density at radius 3 is 1.67 bits per heavy atom. The Hall–Kier alpha value is -0.0766. The topological polar surface area (TPSA) is 26.9 Å². The maximum atomic E-state index is 10.2. The molecular formula is C5H5NOSZn. The van der Waals surface area contributed by atoms with Gasteiger partial charge in [0.25, 0.3) is 0 Å². The average molecular weight is 193 g/mol. The van der Waals surface area contributed by atoms with E-state index in [0.717, 1.165) is 4.73 Å². The monoisotopic (exact) mass is 191 g/mol. The number of rotatable bonds is 0. The Balaban J connectivity index is 0. The zero-order chi connectivity index (χ0) is 5.11. The minimum atomic E-state index is 0. The standard InChI is InChI=1S/C5H5NO.S.Zn/c7-6-4-2-1-3-5-6;;/h1-5H;;/q;-2;+2. The molecule has 9 heavy (non-hydrogen) atoms. The van der Waals surface area contributed by atoms with E-state index in [1.54, 1.807) is 18.2 Å². The summed E-state index contributed by atoms with van der Waals surface area (Å²) in [7, 11) is 0. The van der Waals surface area contributed by atoms with Crippen LogP contribution in [0.3, 0.4) is 0 Å². The number of hydrogen-bond donors (Lipinski definition) is 0. The molecule has 0 amide bonds. The minimum absolute atomic E-state index is 0. The molecule has 0 aliphatic carbocycles. The van der Waals surface area contributed by atoms with Crippen molar-refractivity contribution in [3.63, 3.8) is 0 Å². The third-order valence-electron chi connectivity index (χ3n) is 0.688. The number of nitrogens with zero attached hydrogens (tertiary/aromatic N) is 1. The van der Waals surface area contributed by atoms with Crippen molar-refractivity contribution >= 4 is 13.5 Å². The summed E-state index contributed by atoms with van der Waals surface area (Å²) in [5.74, 6) is 0. The second-order valence-corrected chi connectivity index (χ2v) is 1.24. The van der Waals surface area contributed by atoms with Gasteiger partial charge in [-0.25, -0.2) is 0 Å². The third kappa shape index (κ3) is 4.43. The summed E-state index contributed by atoms with van der Waals surface area (Å²) < 4.78 is 0.750. The number of aromatic nitrogens is 1. The van der Waals surface area contributed by atoms with Gasteiger partial charge in [0, 0.05) is 12.1 Å². The van der Waals surface area contributed by atoms with Gasteiger partial charge in [0.15, 0.2) is 12.4 Å². The van der Waals surface area contributed by atoms with Crippen LogP contribution in [0.4, 0.5) is 0 Å². The molecule has 44 valence electrons. The Bertz CT molecular complexity index is 147.